The van der Waals surface area contributed by atoms with E-state index < -0.39 is 0 Å². The number of pyridine rings is 4. The van der Waals surface area contributed by atoms with Crippen molar-refractivity contribution in [3.63, 3.8) is 0 Å². The molecule has 0 aliphatic rings. The molecule has 0 unspecified atom stereocenters. The van der Waals surface area contributed by atoms with Gasteiger partial charge in [-0.15, -0.1) is 0 Å². The summed E-state index contributed by atoms with van der Waals surface area (Å²) < 4.78 is 0. The first-order valence-electron chi connectivity index (χ1n) is 26.3. The van der Waals surface area contributed by atoms with Gasteiger partial charge in [-0.05, 0) is 96.5 Å². The second kappa shape index (κ2) is 33.9. The minimum absolute atomic E-state index is 0.0696. The van der Waals surface area contributed by atoms with Crippen LogP contribution in [0.3, 0.4) is 0 Å². The van der Waals surface area contributed by atoms with Crippen molar-refractivity contribution in [1.29, 1.82) is 0 Å². The lowest BCUT2D eigenvalue weighted by atomic mass is 10.0. The molecule has 6 heteroatoms. The van der Waals surface area contributed by atoms with E-state index in [1.807, 2.05) is 24.4 Å². The van der Waals surface area contributed by atoms with Gasteiger partial charge < -0.3 is 10.2 Å². The Morgan fingerprint density at radius 1 is 0.302 bits per heavy atom. The highest BCUT2D eigenvalue weighted by Gasteiger charge is 2.14. The SMILES string of the molecule is CCCCCCCCCCCCCCCCCCCc1ccnc(-c2cc(CCCCCCCCCCCCCCCC)cc(-c3cc(CO)cc(-c4cc(CO)ccn4)n3)n2)c1. The second-order valence-electron chi connectivity index (χ2n) is 18.7. The number of aryl methyl sites for hydroxylation is 2. The van der Waals surface area contributed by atoms with Crippen molar-refractivity contribution in [2.24, 2.45) is 0 Å². The first-order valence-corrected chi connectivity index (χ1v) is 26.3. The summed E-state index contributed by atoms with van der Waals surface area (Å²) in [5.41, 5.74) is 8.66. The van der Waals surface area contributed by atoms with E-state index in [4.69, 9.17) is 15.0 Å². The van der Waals surface area contributed by atoms with Gasteiger partial charge >= 0.3 is 0 Å². The van der Waals surface area contributed by atoms with Gasteiger partial charge in [0.1, 0.15) is 0 Å². The molecule has 4 rings (SSSR count). The predicted molar refractivity (Wildman–Crippen MR) is 268 cm³/mol. The smallest absolute Gasteiger partial charge is 0.0898 e. The van der Waals surface area contributed by atoms with Crippen LogP contribution in [-0.4, -0.2) is 30.1 Å². The lowest BCUT2D eigenvalue weighted by molar-refractivity contribution is 0.281. The third-order valence-electron chi connectivity index (χ3n) is 13.0. The molecule has 6 nitrogen and oxygen atoms in total. The molecule has 0 saturated carbocycles. The Hall–Kier alpha value is -3.48. The van der Waals surface area contributed by atoms with E-state index in [0.29, 0.717) is 17.1 Å². The van der Waals surface area contributed by atoms with Crippen LogP contribution < -0.4 is 0 Å². The predicted octanol–water partition coefficient (Wildman–Crippen LogP) is 16.5. The number of aliphatic hydroxyl groups is 2. The minimum Gasteiger partial charge on any atom is -0.392 e. The molecule has 4 aromatic heterocycles. The third-order valence-corrected chi connectivity index (χ3v) is 13.0. The van der Waals surface area contributed by atoms with E-state index in [1.54, 1.807) is 12.3 Å². The first kappa shape index (κ1) is 52.1. The molecular weight excluding hydrogens is 773 g/mol. The van der Waals surface area contributed by atoms with Crippen LogP contribution in [0.2, 0.25) is 0 Å². The van der Waals surface area contributed by atoms with E-state index in [1.165, 1.54) is 204 Å². The minimum atomic E-state index is -0.114. The maximum absolute atomic E-state index is 10.3. The fourth-order valence-electron chi connectivity index (χ4n) is 9.00. The van der Waals surface area contributed by atoms with Gasteiger partial charge in [0.25, 0.3) is 0 Å². The molecule has 0 amide bonds. The lowest BCUT2D eigenvalue weighted by Crippen LogP contribution is -2.00. The number of aromatic nitrogens is 4. The number of aliphatic hydroxyl groups excluding tert-OH is 2. The molecule has 0 aliphatic heterocycles. The molecule has 63 heavy (non-hydrogen) atoms. The Balaban J connectivity index is 1.29. The average molecular weight is 861 g/mol. The van der Waals surface area contributed by atoms with Crippen molar-refractivity contribution in [2.75, 3.05) is 0 Å². The number of rotatable bonds is 38. The molecule has 0 aromatic carbocycles. The van der Waals surface area contributed by atoms with Crippen molar-refractivity contribution in [3.8, 4) is 34.2 Å². The van der Waals surface area contributed by atoms with E-state index in [0.717, 1.165) is 47.5 Å². The number of hydrogen-bond donors (Lipinski definition) is 2. The topological polar surface area (TPSA) is 92.0 Å². The highest BCUT2D eigenvalue weighted by molar-refractivity contribution is 5.67. The third kappa shape index (κ3) is 22.3. The van der Waals surface area contributed by atoms with Gasteiger partial charge in [0.15, 0.2) is 0 Å². The summed E-state index contributed by atoms with van der Waals surface area (Å²) in [6.07, 6.45) is 48.1. The number of nitrogens with zero attached hydrogens (tertiary/aromatic N) is 4. The first-order chi connectivity index (χ1) is 31.1. The molecular formula is C57H88N4O2. The quantitative estimate of drug-likeness (QED) is 0.0436. The van der Waals surface area contributed by atoms with Gasteiger partial charge in [-0.1, -0.05) is 200 Å². The second-order valence-corrected chi connectivity index (χ2v) is 18.7. The molecule has 0 aliphatic carbocycles. The van der Waals surface area contributed by atoms with Gasteiger partial charge in [0, 0.05) is 12.4 Å². The summed E-state index contributed by atoms with van der Waals surface area (Å²) in [4.78, 5) is 19.6. The Morgan fingerprint density at radius 3 is 0.937 bits per heavy atom. The summed E-state index contributed by atoms with van der Waals surface area (Å²) >= 11 is 0. The molecule has 0 spiro atoms. The highest BCUT2D eigenvalue weighted by atomic mass is 16.3. The molecule has 0 fully saturated rings. The normalized spacial score (nSPS) is 11.5. The van der Waals surface area contributed by atoms with E-state index in [9.17, 15) is 10.2 Å². The number of hydrogen-bond acceptors (Lipinski definition) is 6. The van der Waals surface area contributed by atoms with Gasteiger partial charge in [-0.3, -0.25) is 9.97 Å². The fraction of sp³-hybridized carbons (Fsp3) is 0.649. The Bertz CT molecular complexity index is 1760. The largest absolute Gasteiger partial charge is 0.392 e. The Labute approximate surface area is 385 Å². The summed E-state index contributed by atoms with van der Waals surface area (Å²) in [5, 5.41) is 20.1. The van der Waals surface area contributed by atoms with Crippen LogP contribution >= 0.6 is 0 Å². The molecule has 0 saturated heterocycles. The van der Waals surface area contributed by atoms with Crippen molar-refractivity contribution >= 4 is 0 Å². The van der Waals surface area contributed by atoms with Crippen molar-refractivity contribution in [3.05, 3.63) is 83.2 Å². The van der Waals surface area contributed by atoms with Crippen molar-refractivity contribution < 1.29 is 10.2 Å². The monoisotopic (exact) mass is 861 g/mol. The lowest BCUT2D eigenvalue weighted by Gasteiger charge is -2.12. The number of unbranched alkanes of at least 4 members (excludes halogenated alkanes) is 29. The molecule has 4 aromatic rings. The highest BCUT2D eigenvalue weighted by Crippen LogP contribution is 2.29. The average Bonchev–Trinajstić information content (AvgIpc) is 3.32. The zero-order valence-corrected chi connectivity index (χ0v) is 40.2. The van der Waals surface area contributed by atoms with Crippen LogP contribution in [0.25, 0.3) is 34.2 Å². The maximum atomic E-state index is 10.3. The molecule has 2 N–H and O–H groups in total. The summed E-state index contributed by atoms with van der Waals surface area (Å²) in [6.45, 7) is 4.40. The van der Waals surface area contributed by atoms with Crippen LogP contribution in [0.4, 0.5) is 0 Å². The van der Waals surface area contributed by atoms with E-state index in [-0.39, 0.29) is 13.2 Å². The van der Waals surface area contributed by atoms with Crippen molar-refractivity contribution in [2.45, 2.75) is 239 Å². The van der Waals surface area contributed by atoms with Crippen LogP contribution in [0.1, 0.15) is 235 Å². The molecule has 0 radical (unpaired) electrons. The molecule has 0 bridgehead atoms. The van der Waals surface area contributed by atoms with Gasteiger partial charge in [0.2, 0.25) is 0 Å². The van der Waals surface area contributed by atoms with Gasteiger partial charge in [-0.2, -0.15) is 0 Å². The molecule has 0 atom stereocenters. The van der Waals surface area contributed by atoms with Crippen LogP contribution in [0.15, 0.2) is 60.9 Å². The molecule has 348 valence electrons. The zero-order chi connectivity index (χ0) is 44.4. The van der Waals surface area contributed by atoms with Gasteiger partial charge in [0.05, 0.1) is 47.4 Å². The Morgan fingerprint density at radius 2 is 0.571 bits per heavy atom. The zero-order valence-electron chi connectivity index (χ0n) is 40.2. The molecule has 4 heterocycles. The van der Waals surface area contributed by atoms with E-state index >= 15 is 0 Å². The van der Waals surface area contributed by atoms with Crippen molar-refractivity contribution in [1.82, 2.24) is 19.9 Å². The van der Waals surface area contributed by atoms with Crippen LogP contribution in [0.5, 0.6) is 0 Å². The van der Waals surface area contributed by atoms with E-state index in [2.05, 4.69) is 43.1 Å². The summed E-state index contributed by atoms with van der Waals surface area (Å²) in [5.74, 6) is 0. The standard InChI is InChI=1S/C57H88N4O2/c1-3-5-7-9-11-13-15-17-19-20-21-23-24-26-28-30-32-34-48-36-38-58-52(40-48)54-41-49(35-33-31-29-27-25-22-18-16-14-12-10-8-6-4-2)42-56(60-54)57-45-51(47-63)44-55(61-57)53-43-50(46-62)37-39-59-53/h36-45,62-63H,3-35,46-47H2,1-2H3. The summed E-state index contributed by atoms with van der Waals surface area (Å²) in [7, 11) is 0. The van der Waals surface area contributed by atoms with Gasteiger partial charge in [-0.25, -0.2) is 9.97 Å². The maximum Gasteiger partial charge on any atom is 0.0898 e. The van der Waals surface area contributed by atoms with Crippen LogP contribution in [-0.2, 0) is 26.1 Å². The summed E-state index contributed by atoms with van der Waals surface area (Å²) in [6, 6.07) is 16.3. The Kier molecular flexibility index (Phi) is 28.1. The van der Waals surface area contributed by atoms with Crippen LogP contribution in [0, 0.1) is 0 Å². The fourth-order valence-corrected chi connectivity index (χ4v) is 9.00.